The molecule has 1 rings (SSSR count). The van der Waals surface area contributed by atoms with Gasteiger partial charge < -0.3 is 15.8 Å². The number of rotatable bonds is 6. The van der Waals surface area contributed by atoms with E-state index in [2.05, 4.69) is 12.2 Å². The van der Waals surface area contributed by atoms with Gasteiger partial charge in [-0.3, -0.25) is 4.79 Å². The van der Waals surface area contributed by atoms with E-state index in [0.717, 1.165) is 18.8 Å². The molecule has 0 heterocycles. The van der Waals surface area contributed by atoms with Crippen molar-refractivity contribution in [1.82, 2.24) is 5.32 Å². The smallest absolute Gasteiger partial charge is 0.236 e. The maximum atomic E-state index is 11.2. The lowest BCUT2D eigenvalue weighted by Crippen LogP contribution is -2.49. The average molecular weight is 228 g/mol. The monoisotopic (exact) mass is 228 g/mol. The fourth-order valence-electron chi connectivity index (χ4n) is 2.40. The lowest BCUT2D eigenvalue weighted by atomic mass is 9.84. The van der Waals surface area contributed by atoms with Crippen molar-refractivity contribution >= 4 is 5.91 Å². The lowest BCUT2D eigenvalue weighted by Gasteiger charge is -2.30. The molecule has 0 aromatic heterocycles. The quantitative estimate of drug-likeness (QED) is 0.714. The van der Waals surface area contributed by atoms with Crippen molar-refractivity contribution in [2.45, 2.75) is 51.1 Å². The number of primary amides is 1. The van der Waals surface area contributed by atoms with Gasteiger partial charge in [0.2, 0.25) is 5.91 Å². The van der Waals surface area contributed by atoms with Crippen LogP contribution >= 0.6 is 0 Å². The molecule has 1 saturated carbocycles. The minimum absolute atomic E-state index is 0.320. The Morgan fingerprint density at radius 3 is 2.50 bits per heavy atom. The first-order valence-corrected chi connectivity index (χ1v) is 6.21. The summed E-state index contributed by atoms with van der Waals surface area (Å²) in [5, 5.41) is 3.30. The van der Waals surface area contributed by atoms with Gasteiger partial charge in [-0.15, -0.1) is 0 Å². The molecule has 0 radical (unpaired) electrons. The van der Waals surface area contributed by atoms with E-state index < -0.39 is 0 Å². The van der Waals surface area contributed by atoms with E-state index in [1.807, 2.05) is 0 Å². The molecule has 0 aliphatic heterocycles. The second-order valence-corrected chi connectivity index (χ2v) is 4.70. The van der Waals surface area contributed by atoms with Crippen LogP contribution in [0.15, 0.2) is 0 Å². The SMILES string of the molecule is CCC1CCC(NC(COC)C(N)=O)CC1. The van der Waals surface area contributed by atoms with Gasteiger partial charge >= 0.3 is 0 Å². The zero-order valence-electron chi connectivity index (χ0n) is 10.4. The van der Waals surface area contributed by atoms with Crippen LogP contribution in [0.2, 0.25) is 0 Å². The van der Waals surface area contributed by atoms with Gasteiger partial charge in [0.1, 0.15) is 6.04 Å². The molecular formula is C12H24N2O2. The van der Waals surface area contributed by atoms with E-state index in [1.54, 1.807) is 7.11 Å². The summed E-state index contributed by atoms with van der Waals surface area (Å²) in [4.78, 5) is 11.2. The minimum Gasteiger partial charge on any atom is -0.383 e. The van der Waals surface area contributed by atoms with Gasteiger partial charge in [0.25, 0.3) is 0 Å². The number of nitrogens with one attached hydrogen (secondary N) is 1. The fourth-order valence-corrected chi connectivity index (χ4v) is 2.40. The maximum absolute atomic E-state index is 11.2. The number of hydrogen-bond donors (Lipinski definition) is 2. The van der Waals surface area contributed by atoms with Crippen LogP contribution in [0, 0.1) is 5.92 Å². The Morgan fingerprint density at radius 2 is 2.06 bits per heavy atom. The van der Waals surface area contributed by atoms with Gasteiger partial charge in [-0.05, 0) is 31.6 Å². The Bertz CT molecular complexity index is 213. The normalized spacial score (nSPS) is 27.6. The third-order valence-electron chi connectivity index (χ3n) is 3.54. The molecule has 0 spiro atoms. The standard InChI is InChI=1S/C12H24N2O2/c1-3-9-4-6-10(7-5-9)14-11(8-16-2)12(13)15/h9-11,14H,3-8H2,1-2H3,(H2,13,15). The topological polar surface area (TPSA) is 64.3 Å². The number of carbonyl (C=O) groups excluding carboxylic acids is 1. The van der Waals surface area contributed by atoms with E-state index in [4.69, 9.17) is 10.5 Å². The molecule has 1 aliphatic carbocycles. The third kappa shape index (κ3) is 4.10. The molecule has 0 bridgehead atoms. The first kappa shape index (κ1) is 13.5. The Hall–Kier alpha value is -0.610. The van der Waals surface area contributed by atoms with Gasteiger partial charge in [-0.25, -0.2) is 0 Å². The second kappa shape index (κ2) is 6.86. The van der Waals surface area contributed by atoms with Gasteiger partial charge in [-0.2, -0.15) is 0 Å². The average Bonchev–Trinajstić information content (AvgIpc) is 2.29. The van der Waals surface area contributed by atoms with Crippen LogP contribution in [0.1, 0.15) is 39.0 Å². The number of amides is 1. The van der Waals surface area contributed by atoms with Gasteiger partial charge in [-0.1, -0.05) is 13.3 Å². The Morgan fingerprint density at radius 1 is 1.44 bits per heavy atom. The number of carbonyl (C=O) groups is 1. The van der Waals surface area contributed by atoms with Crippen molar-refractivity contribution in [3.63, 3.8) is 0 Å². The van der Waals surface area contributed by atoms with Gasteiger partial charge in [0.05, 0.1) is 6.61 Å². The molecule has 16 heavy (non-hydrogen) atoms. The zero-order valence-corrected chi connectivity index (χ0v) is 10.4. The van der Waals surface area contributed by atoms with Crippen LogP contribution in [-0.2, 0) is 9.53 Å². The highest BCUT2D eigenvalue weighted by Gasteiger charge is 2.24. The molecule has 1 aliphatic rings. The van der Waals surface area contributed by atoms with Crippen molar-refractivity contribution in [2.75, 3.05) is 13.7 Å². The van der Waals surface area contributed by atoms with Crippen molar-refractivity contribution in [1.29, 1.82) is 0 Å². The van der Waals surface area contributed by atoms with Crippen LogP contribution < -0.4 is 11.1 Å². The predicted molar refractivity (Wildman–Crippen MR) is 64.0 cm³/mol. The highest BCUT2D eigenvalue weighted by Crippen LogP contribution is 2.26. The summed E-state index contributed by atoms with van der Waals surface area (Å²) < 4.78 is 4.99. The van der Waals surface area contributed by atoms with Crippen LogP contribution in [0.25, 0.3) is 0 Å². The Kier molecular flexibility index (Phi) is 5.77. The molecule has 1 atom stereocenters. The van der Waals surface area contributed by atoms with Crippen LogP contribution in [-0.4, -0.2) is 31.7 Å². The molecule has 94 valence electrons. The number of hydrogen-bond acceptors (Lipinski definition) is 3. The number of methoxy groups -OCH3 is 1. The molecule has 0 saturated heterocycles. The van der Waals surface area contributed by atoms with Crippen molar-refractivity contribution in [2.24, 2.45) is 11.7 Å². The largest absolute Gasteiger partial charge is 0.383 e. The van der Waals surface area contributed by atoms with Crippen LogP contribution in [0.4, 0.5) is 0 Å². The summed E-state index contributed by atoms with van der Waals surface area (Å²) in [6.45, 7) is 2.61. The zero-order chi connectivity index (χ0) is 12.0. The first-order chi connectivity index (χ1) is 7.67. The summed E-state index contributed by atoms with van der Waals surface area (Å²) in [5.74, 6) is 0.548. The van der Waals surface area contributed by atoms with E-state index >= 15 is 0 Å². The molecular weight excluding hydrogens is 204 g/mol. The Labute approximate surface area is 97.9 Å². The molecule has 0 aromatic rings. The molecule has 0 aromatic carbocycles. The summed E-state index contributed by atoms with van der Waals surface area (Å²) in [6.07, 6.45) is 6.07. The van der Waals surface area contributed by atoms with Crippen LogP contribution in [0.3, 0.4) is 0 Å². The van der Waals surface area contributed by atoms with E-state index in [-0.39, 0.29) is 11.9 Å². The summed E-state index contributed by atoms with van der Waals surface area (Å²) in [6, 6.07) is 0.0867. The Balaban J connectivity index is 2.33. The second-order valence-electron chi connectivity index (χ2n) is 4.70. The summed E-state index contributed by atoms with van der Waals surface area (Å²) in [7, 11) is 1.59. The molecule has 4 heteroatoms. The summed E-state index contributed by atoms with van der Waals surface area (Å²) >= 11 is 0. The highest BCUT2D eigenvalue weighted by molar-refractivity contribution is 5.80. The third-order valence-corrected chi connectivity index (χ3v) is 3.54. The molecule has 1 amide bonds. The first-order valence-electron chi connectivity index (χ1n) is 6.21. The minimum atomic E-state index is -0.340. The van der Waals surface area contributed by atoms with E-state index in [0.29, 0.717) is 12.6 Å². The lowest BCUT2D eigenvalue weighted by molar-refractivity contribution is -0.121. The fraction of sp³-hybridized carbons (Fsp3) is 0.917. The molecule has 1 fully saturated rings. The number of ether oxygens (including phenoxy) is 1. The van der Waals surface area contributed by atoms with Gasteiger partial charge in [0.15, 0.2) is 0 Å². The highest BCUT2D eigenvalue weighted by atomic mass is 16.5. The van der Waals surface area contributed by atoms with Crippen LogP contribution in [0.5, 0.6) is 0 Å². The van der Waals surface area contributed by atoms with Crippen molar-refractivity contribution in [3.8, 4) is 0 Å². The van der Waals surface area contributed by atoms with Crippen molar-refractivity contribution < 1.29 is 9.53 Å². The predicted octanol–water partition coefficient (Wildman–Crippen LogP) is 1.05. The van der Waals surface area contributed by atoms with E-state index in [9.17, 15) is 4.79 Å². The maximum Gasteiger partial charge on any atom is 0.236 e. The molecule has 3 N–H and O–H groups in total. The van der Waals surface area contributed by atoms with E-state index in [1.165, 1.54) is 19.3 Å². The number of nitrogens with two attached hydrogens (primary N) is 1. The van der Waals surface area contributed by atoms with Gasteiger partial charge in [0, 0.05) is 13.2 Å². The molecule has 4 nitrogen and oxygen atoms in total. The summed E-state index contributed by atoms with van der Waals surface area (Å²) in [5.41, 5.74) is 5.31. The van der Waals surface area contributed by atoms with Crippen molar-refractivity contribution in [3.05, 3.63) is 0 Å². The molecule has 1 unspecified atom stereocenters.